The largest absolute Gasteiger partial charge is 0.374 e. The first kappa shape index (κ1) is 28.7. The smallest absolute Gasteiger partial charge is 0.224 e. The number of amides is 2. The molecule has 2 aromatic carbocycles. The summed E-state index contributed by atoms with van der Waals surface area (Å²) in [5, 5.41) is 0. The van der Waals surface area contributed by atoms with Gasteiger partial charge in [0.1, 0.15) is 5.82 Å². The van der Waals surface area contributed by atoms with Crippen molar-refractivity contribution in [1.82, 2.24) is 14.8 Å². The molecule has 2 aliphatic rings. The Morgan fingerprint density at radius 1 is 0.976 bits per heavy atom. The fraction of sp³-hybridized carbons (Fsp3) is 0.424. The lowest BCUT2D eigenvalue weighted by Gasteiger charge is -2.44. The number of anilines is 2. The summed E-state index contributed by atoms with van der Waals surface area (Å²) in [6, 6.07) is 20.8. The average molecular weight is 558 g/mol. The fourth-order valence-electron chi connectivity index (χ4n) is 6.26. The molecule has 8 heteroatoms. The molecular formula is C33H40FN5O2. The van der Waals surface area contributed by atoms with Crippen molar-refractivity contribution < 1.29 is 14.0 Å². The zero-order chi connectivity index (χ0) is 28.8. The molecule has 2 bridgehead atoms. The molecule has 2 unspecified atom stereocenters. The van der Waals surface area contributed by atoms with Crippen molar-refractivity contribution in [3.63, 3.8) is 0 Å². The zero-order valence-electron chi connectivity index (χ0n) is 24.1. The summed E-state index contributed by atoms with van der Waals surface area (Å²) in [5.41, 5.74) is 3.75. The SMILES string of the molecule is CC(=O)N1CCC2CCCC(CN(C(=O)CCN(C)c3ccc(F)cc3)Cc3ccccc31)N2Cc1ccccn1. The molecule has 0 N–H and O–H groups in total. The van der Waals surface area contributed by atoms with Gasteiger partial charge in [-0.2, -0.15) is 0 Å². The van der Waals surface area contributed by atoms with E-state index in [0.29, 0.717) is 38.6 Å². The molecule has 41 heavy (non-hydrogen) atoms. The first-order valence-electron chi connectivity index (χ1n) is 14.6. The number of aromatic nitrogens is 1. The first-order chi connectivity index (χ1) is 19.9. The average Bonchev–Trinajstić information content (AvgIpc) is 2.99. The van der Waals surface area contributed by atoms with Gasteiger partial charge in [-0.25, -0.2) is 4.39 Å². The molecule has 1 aromatic heterocycles. The molecule has 2 aliphatic heterocycles. The van der Waals surface area contributed by atoms with Crippen LogP contribution in [-0.4, -0.2) is 65.4 Å². The van der Waals surface area contributed by atoms with Crippen molar-refractivity contribution in [2.75, 3.05) is 36.5 Å². The summed E-state index contributed by atoms with van der Waals surface area (Å²) in [7, 11) is 1.92. The predicted octanol–water partition coefficient (Wildman–Crippen LogP) is 5.26. The Morgan fingerprint density at radius 2 is 1.73 bits per heavy atom. The number of rotatable bonds is 6. The molecule has 1 saturated heterocycles. The minimum absolute atomic E-state index is 0.0131. The van der Waals surface area contributed by atoms with Gasteiger partial charge in [0.05, 0.1) is 5.69 Å². The Morgan fingerprint density at radius 3 is 2.49 bits per heavy atom. The van der Waals surface area contributed by atoms with Crippen molar-refractivity contribution in [3.8, 4) is 0 Å². The molecule has 0 spiro atoms. The highest BCUT2D eigenvalue weighted by Gasteiger charge is 2.34. The first-order valence-corrected chi connectivity index (χ1v) is 14.6. The highest BCUT2D eigenvalue weighted by atomic mass is 19.1. The summed E-state index contributed by atoms with van der Waals surface area (Å²) in [6.07, 6.45) is 6.21. The topological polar surface area (TPSA) is 60.0 Å². The van der Waals surface area contributed by atoms with E-state index in [1.807, 2.05) is 64.3 Å². The van der Waals surface area contributed by atoms with Gasteiger partial charge in [0, 0.05) is 82.8 Å². The Bertz CT molecular complexity index is 1320. The monoisotopic (exact) mass is 557 g/mol. The lowest BCUT2D eigenvalue weighted by atomic mass is 9.92. The molecule has 2 atom stereocenters. The standard InChI is InChI=1S/C33H40FN5O2/c1-25(40)38-21-17-30-10-7-11-31(39(30)23-28-9-5-6-19-35-28)24-37(22-26-8-3-4-12-32(26)38)33(41)18-20-36(2)29-15-13-27(34)14-16-29/h3-6,8-9,12-16,19,30-31H,7,10-11,17-18,20-24H2,1-2H3. The van der Waals surface area contributed by atoms with E-state index in [2.05, 4.69) is 16.0 Å². The minimum atomic E-state index is -0.277. The van der Waals surface area contributed by atoms with Crippen LogP contribution in [0.5, 0.6) is 0 Å². The van der Waals surface area contributed by atoms with E-state index in [1.54, 1.807) is 19.1 Å². The van der Waals surface area contributed by atoms with Gasteiger partial charge in [-0.1, -0.05) is 30.7 Å². The molecule has 2 amide bonds. The lowest BCUT2D eigenvalue weighted by molar-refractivity contribution is -0.133. The van der Waals surface area contributed by atoms with Crippen LogP contribution < -0.4 is 9.80 Å². The third-order valence-corrected chi connectivity index (χ3v) is 8.51. The molecule has 7 nitrogen and oxygen atoms in total. The number of carbonyl (C=O) groups excluding carboxylic acids is 2. The number of benzene rings is 2. The van der Waals surface area contributed by atoms with E-state index in [4.69, 9.17) is 0 Å². The third kappa shape index (κ3) is 7.11. The van der Waals surface area contributed by atoms with Crippen LogP contribution >= 0.6 is 0 Å². The van der Waals surface area contributed by atoms with Gasteiger partial charge in [-0.15, -0.1) is 0 Å². The molecule has 3 heterocycles. The summed E-state index contributed by atoms with van der Waals surface area (Å²) in [6.45, 7) is 4.57. The second-order valence-corrected chi connectivity index (χ2v) is 11.2. The second kappa shape index (κ2) is 13.3. The van der Waals surface area contributed by atoms with Gasteiger partial charge >= 0.3 is 0 Å². The van der Waals surface area contributed by atoms with Crippen LogP contribution in [0, 0.1) is 5.82 Å². The number of piperidine rings is 1. The number of hydrogen-bond donors (Lipinski definition) is 0. The summed E-state index contributed by atoms with van der Waals surface area (Å²) in [5.74, 6) is -0.192. The van der Waals surface area contributed by atoms with Crippen LogP contribution in [0.1, 0.15) is 50.3 Å². The maximum Gasteiger partial charge on any atom is 0.224 e. The molecule has 0 radical (unpaired) electrons. The Kier molecular flexibility index (Phi) is 9.29. The van der Waals surface area contributed by atoms with Crippen LogP contribution in [0.25, 0.3) is 0 Å². The van der Waals surface area contributed by atoms with Gasteiger partial charge in [0.25, 0.3) is 0 Å². The summed E-state index contributed by atoms with van der Waals surface area (Å²) < 4.78 is 13.4. The van der Waals surface area contributed by atoms with Gasteiger partial charge < -0.3 is 14.7 Å². The highest BCUT2D eigenvalue weighted by Crippen LogP contribution is 2.31. The number of halogens is 1. The van der Waals surface area contributed by atoms with E-state index in [1.165, 1.54) is 12.1 Å². The van der Waals surface area contributed by atoms with Crippen molar-refractivity contribution in [2.24, 2.45) is 0 Å². The van der Waals surface area contributed by atoms with Crippen molar-refractivity contribution >= 4 is 23.2 Å². The zero-order valence-corrected chi connectivity index (χ0v) is 24.1. The van der Waals surface area contributed by atoms with Gasteiger partial charge in [0.2, 0.25) is 11.8 Å². The molecule has 0 saturated carbocycles. The van der Waals surface area contributed by atoms with Gasteiger partial charge in [0.15, 0.2) is 0 Å². The number of pyridine rings is 1. The maximum absolute atomic E-state index is 13.9. The van der Waals surface area contributed by atoms with E-state index in [-0.39, 0.29) is 23.7 Å². The Hall–Kier alpha value is -3.78. The van der Waals surface area contributed by atoms with Crippen LogP contribution in [0.4, 0.5) is 15.8 Å². The number of fused-ring (bicyclic) bond motifs is 3. The summed E-state index contributed by atoms with van der Waals surface area (Å²) >= 11 is 0. The van der Waals surface area contributed by atoms with Gasteiger partial charge in [-0.3, -0.25) is 19.5 Å². The number of nitrogens with zero attached hydrogens (tertiary/aromatic N) is 5. The van der Waals surface area contributed by atoms with E-state index < -0.39 is 0 Å². The van der Waals surface area contributed by atoms with E-state index >= 15 is 0 Å². The highest BCUT2D eigenvalue weighted by molar-refractivity contribution is 5.92. The van der Waals surface area contributed by atoms with E-state index in [9.17, 15) is 14.0 Å². The lowest BCUT2D eigenvalue weighted by Crippen LogP contribution is -2.52. The molecule has 216 valence electrons. The third-order valence-electron chi connectivity index (χ3n) is 8.51. The van der Waals surface area contributed by atoms with E-state index in [0.717, 1.165) is 54.9 Å². The molecule has 0 aliphatic carbocycles. The second-order valence-electron chi connectivity index (χ2n) is 11.2. The van der Waals surface area contributed by atoms with Gasteiger partial charge in [-0.05, 0) is 67.3 Å². The van der Waals surface area contributed by atoms with Crippen molar-refractivity contribution in [1.29, 1.82) is 0 Å². The number of carbonyl (C=O) groups is 2. The quantitative estimate of drug-likeness (QED) is 0.414. The van der Waals surface area contributed by atoms with Crippen molar-refractivity contribution in [3.05, 3.63) is 90.0 Å². The number of para-hydroxylation sites is 1. The predicted molar refractivity (Wildman–Crippen MR) is 160 cm³/mol. The fourth-order valence-corrected chi connectivity index (χ4v) is 6.26. The normalized spacial score (nSPS) is 19.7. The van der Waals surface area contributed by atoms with Crippen LogP contribution in [0.3, 0.4) is 0 Å². The molecule has 3 aromatic rings. The Balaban J connectivity index is 1.44. The van der Waals surface area contributed by atoms with Crippen LogP contribution in [-0.2, 0) is 22.7 Å². The Labute approximate surface area is 242 Å². The maximum atomic E-state index is 13.9. The number of hydrogen-bond acceptors (Lipinski definition) is 5. The molecular weight excluding hydrogens is 517 g/mol. The summed E-state index contributed by atoms with van der Waals surface area (Å²) in [4.78, 5) is 39.8. The molecule has 5 rings (SSSR count). The van der Waals surface area contributed by atoms with Crippen molar-refractivity contribution in [2.45, 2.75) is 64.2 Å². The minimum Gasteiger partial charge on any atom is -0.374 e. The van der Waals surface area contributed by atoms with Crippen LogP contribution in [0.2, 0.25) is 0 Å². The van der Waals surface area contributed by atoms with Crippen LogP contribution in [0.15, 0.2) is 72.9 Å². The molecule has 1 fully saturated rings.